The minimum absolute atomic E-state index is 0.0373. The van der Waals surface area contributed by atoms with Crippen LogP contribution in [0.2, 0.25) is 10.0 Å². The van der Waals surface area contributed by atoms with Gasteiger partial charge >= 0.3 is 5.69 Å². The lowest BCUT2D eigenvalue weighted by molar-refractivity contribution is -0.190. The summed E-state index contributed by atoms with van der Waals surface area (Å²) in [5, 5.41) is 9.33. The Labute approximate surface area is 297 Å². The fourth-order valence-electron chi connectivity index (χ4n) is 6.18. The smallest absolute Gasteiger partial charge is 0.350 e. The maximum atomic E-state index is 15.3. The number of benzene rings is 2. The first-order valence-electron chi connectivity index (χ1n) is 16.4. The predicted octanol–water partition coefficient (Wildman–Crippen LogP) is 5.11. The van der Waals surface area contributed by atoms with Crippen LogP contribution in [0.3, 0.4) is 0 Å². The number of halogens is 3. The van der Waals surface area contributed by atoms with E-state index in [1.165, 1.54) is 28.0 Å². The summed E-state index contributed by atoms with van der Waals surface area (Å²) >= 11 is 12.7. The van der Waals surface area contributed by atoms with E-state index in [1.807, 2.05) is 30.9 Å². The largest absolute Gasteiger partial charge is 0.475 e. The van der Waals surface area contributed by atoms with Gasteiger partial charge in [-0.05, 0) is 43.7 Å². The summed E-state index contributed by atoms with van der Waals surface area (Å²) in [6.45, 7) is 7.21. The van der Waals surface area contributed by atoms with E-state index < -0.39 is 11.9 Å². The number of piperazine rings is 1. The van der Waals surface area contributed by atoms with Crippen LogP contribution in [0.5, 0.6) is 5.88 Å². The zero-order chi connectivity index (χ0) is 34.8. The molecule has 50 heavy (non-hydrogen) atoms. The first-order valence-corrected chi connectivity index (χ1v) is 17.1. The first-order chi connectivity index (χ1) is 24.2. The van der Waals surface area contributed by atoms with Crippen molar-refractivity contribution in [3.63, 3.8) is 0 Å². The van der Waals surface area contributed by atoms with E-state index in [0.29, 0.717) is 59.0 Å². The molecule has 0 bridgehead atoms. The van der Waals surface area contributed by atoms with Crippen LogP contribution in [-0.4, -0.2) is 79.6 Å². The van der Waals surface area contributed by atoms with Crippen LogP contribution in [0.25, 0.3) is 5.69 Å². The number of aromatic nitrogens is 7. The summed E-state index contributed by atoms with van der Waals surface area (Å²) in [5.41, 5.74) is 2.23. The van der Waals surface area contributed by atoms with Crippen LogP contribution in [0.1, 0.15) is 31.9 Å². The van der Waals surface area contributed by atoms with Gasteiger partial charge in [0, 0.05) is 48.9 Å². The Morgan fingerprint density at radius 1 is 1.02 bits per heavy atom. The quantitative estimate of drug-likeness (QED) is 0.182. The molecule has 5 aromatic rings. The summed E-state index contributed by atoms with van der Waals surface area (Å²) in [5.74, 6) is -1.14. The summed E-state index contributed by atoms with van der Waals surface area (Å²) in [7, 11) is 0. The number of hydrogen-bond donors (Lipinski definition) is 0. The normalized spacial score (nSPS) is 20.0. The van der Waals surface area contributed by atoms with Gasteiger partial charge < -0.3 is 24.0 Å². The van der Waals surface area contributed by atoms with E-state index in [1.54, 1.807) is 47.5 Å². The molecule has 7 rings (SSSR count). The second kappa shape index (κ2) is 14.4. The Morgan fingerprint density at radius 2 is 1.82 bits per heavy atom. The van der Waals surface area contributed by atoms with Crippen molar-refractivity contribution in [2.45, 2.75) is 44.7 Å². The molecule has 13 nitrogen and oxygen atoms in total. The lowest BCUT2D eigenvalue weighted by Crippen LogP contribution is -2.46. The molecule has 0 unspecified atom stereocenters. The molecule has 0 radical (unpaired) electrons. The molecule has 16 heteroatoms. The molecule has 2 saturated heterocycles. The Morgan fingerprint density at radius 3 is 2.52 bits per heavy atom. The van der Waals surface area contributed by atoms with Gasteiger partial charge in [0.2, 0.25) is 11.7 Å². The van der Waals surface area contributed by atoms with E-state index in [4.69, 9.17) is 37.4 Å². The molecule has 2 aromatic carbocycles. The molecular formula is C34H36Cl2FN9O4. The van der Waals surface area contributed by atoms with Gasteiger partial charge in [-0.25, -0.2) is 33.1 Å². The van der Waals surface area contributed by atoms with Crippen molar-refractivity contribution in [2.75, 3.05) is 49.2 Å². The molecule has 2 fully saturated rings. The standard InChI is InChI=1S/C34H36Cl2FN9O4/c1-3-23(2)46-33(47)45(22-41-46)25-5-8-31(30(37)15-25)43-12-10-42(11-13-43)26-6-9-32(39-16-26)48-17-27-18-49-34(50-27,19-44-21-38-20-40-44)28-7-4-24(35)14-29(28)36/h4-9,14-16,20-23,27H,3,10-13,17-19H2,1-2H3/t23-,27+,34+/m0/s1. The zero-order valence-electron chi connectivity index (χ0n) is 27.5. The summed E-state index contributed by atoms with van der Waals surface area (Å²) in [4.78, 5) is 25.5. The van der Waals surface area contributed by atoms with Crippen LogP contribution >= 0.6 is 23.2 Å². The fourth-order valence-corrected chi connectivity index (χ4v) is 6.73. The molecule has 3 atom stereocenters. The lowest BCUT2D eigenvalue weighted by Gasteiger charge is -2.37. The highest BCUT2D eigenvalue weighted by Crippen LogP contribution is 2.40. The number of anilines is 2. The molecule has 262 valence electrons. The molecule has 0 N–H and O–H groups in total. The second-order valence-electron chi connectivity index (χ2n) is 12.3. The molecule has 2 aliphatic heterocycles. The Kier molecular flexibility index (Phi) is 9.78. The van der Waals surface area contributed by atoms with Crippen molar-refractivity contribution < 1.29 is 18.6 Å². The van der Waals surface area contributed by atoms with Crippen molar-refractivity contribution >= 4 is 34.6 Å². The van der Waals surface area contributed by atoms with E-state index in [2.05, 4.69) is 25.1 Å². The third kappa shape index (κ3) is 6.93. The third-order valence-corrected chi connectivity index (χ3v) is 9.62. The van der Waals surface area contributed by atoms with E-state index in [9.17, 15) is 4.79 Å². The Balaban J connectivity index is 0.939. The molecule has 0 amide bonds. The van der Waals surface area contributed by atoms with Gasteiger partial charge in [0.1, 0.15) is 44.1 Å². The van der Waals surface area contributed by atoms with Crippen LogP contribution < -0.4 is 20.2 Å². The SMILES string of the molecule is CC[C@H](C)n1ncn(-c2ccc(N3CCN(c4ccc(OC[C@@H]5CO[C@@](Cn6cncn6)(c6ccc(Cl)cc6Cl)O5)nc4)CC3)c(F)c2)c1=O. The van der Waals surface area contributed by atoms with Gasteiger partial charge in [-0.3, -0.25) is 0 Å². The van der Waals surface area contributed by atoms with Crippen LogP contribution in [0, 0.1) is 5.82 Å². The fraction of sp³-hybridized carbons (Fsp3) is 0.382. The Bertz CT molecular complexity index is 1980. The number of rotatable bonds is 11. The van der Waals surface area contributed by atoms with Gasteiger partial charge in [0.15, 0.2) is 0 Å². The highest BCUT2D eigenvalue weighted by atomic mass is 35.5. The van der Waals surface area contributed by atoms with Crippen molar-refractivity contribution in [2.24, 2.45) is 0 Å². The van der Waals surface area contributed by atoms with E-state index in [-0.39, 0.29) is 37.3 Å². The molecule has 0 aliphatic carbocycles. The van der Waals surface area contributed by atoms with Gasteiger partial charge in [0.25, 0.3) is 0 Å². The molecular weight excluding hydrogens is 688 g/mol. The maximum Gasteiger partial charge on any atom is 0.350 e. The lowest BCUT2D eigenvalue weighted by atomic mass is 10.1. The van der Waals surface area contributed by atoms with E-state index >= 15 is 4.39 Å². The van der Waals surface area contributed by atoms with Crippen molar-refractivity contribution in [1.82, 2.24) is 34.1 Å². The molecule has 5 heterocycles. The van der Waals surface area contributed by atoms with Crippen molar-refractivity contribution in [3.8, 4) is 11.6 Å². The average molecular weight is 725 g/mol. The monoisotopic (exact) mass is 723 g/mol. The first kappa shape index (κ1) is 34.0. The average Bonchev–Trinajstić information content (AvgIpc) is 3.88. The third-order valence-electron chi connectivity index (χ3n) is 9.07. The van der Waals surface area contributed by atoms with Gasteiger partial charge in [-0.1, -0.05) is 36.2 Å². The molecule has 0 saturated carbocycles. The summed E-state index contributed by atoms with van der Waals surface area (Å²) < 4.78 is 38.4. The Hall–Kier alpha value is -4.50. The van der Waals surface area contributed by atoms with Gasteiger partial charge in [-0.2, -0.15) is 10.2 Å². The van der Waals surface area contributed by atoms with Crippen LogP contribution in [-0.2, 0) is 21.8 Å². The zero-order valence-corrected chi connectivity index (χ0v) is 29.0. The van der Waals surface area contributed by atoms with Crippen LogP contribution in [0.4, 0.5) is 15.8 Å². The molecule has 0 spiro atoms. The minimum Gasteiger partial charge on any atom is -0.475 e. The van der Waals surface area contributed by atoms with Crippen molar-refractivity contribution in [3.05, 3.63) is 106 Å². The molecule has 2 aliphatic rings. The maximum absolute atomic E-state index is 15.3. The van der Waals surface area contributed by atoms with Gasteiger partial charge in [0.05, 0.1) is 40.9 Å². The van der Waals surface area contributed by atoms with Crippen LogP contribution in [0.15, 0.2) is 78.5 Å². The topological polar surface area (TPSA) is 118 Å². The van der Waals surface area contributed by atoms with Crippen molar-refractivity contribution in [1.29, 1.82) is 0 Å². The highest BCUT2D eigenvalue weighted by Gasteiger charge is 2.45. The second-order valence-corrected chi connectivity index (χ2v) is 13.1. The number of ether oxygens (including phenoxy) is 3. The number of hydrogen-bond acceptors (Lipinski definition) is 10. The number of nitrogens with zero attached hydrogens (tertiary/aromatic N) is 9. The predicted molar refractivity (Wildman–Crippen MR) is 186 cm³/mol. The van der Waals surface area contributed by atoms with Gasteiger partial charge in [-0.15, -0.1) is 0 Å². The minimum atomic E-state index is -1.20. The molecule has 3 aromatic heterocycles. The van der Waals surface area contributed by atoms with E-state index in [0.717, 1.165) is 12.1 Å². The number of pyridine rings is 1. The summed E-state index contributed by atoms with van der Waals surface area (Å²) in [6.07, 6.45) is 6.60. The highest BCUT2D eigenvalue weighted by molar-refractivity contribution is 6.35. The summed E-state index contributed by atoms with van der Waals surface area (Å²) in [6, 6.07) is 13.8.